The Morgan fingerprint density at radius 3 is 2.05 bits per heavy atom. The molecule has 1 aromatic rings. The number of aryl methyl sites for hydroxylation is 1. The number of aliphatic carboxylic acids is 1. The van der Waals surface area contributed by atoms with Gasteiger partial charge in [0.25, 0.3) is 0 Å². The molecule has 0 fully saturated rings. The Bertz CT molecular complexity index is 493. The summed E-state index contributed by atoms with van der Waals surface area (Å²) in [5, 5.41) is 9.69. The van der Waals surface area contributed by atoms with Crippen LogP contribution in [0.3, 0.4) is 0 Å². The molecule has 4 heteroatoms. The highest BCUT2D eigenvalue weighted by atomic mass is 16.4. The van der Waals surface area contributed by atoms with Gasteiger partial charge in [0.1, 0.15) is 0 Å². The first kappa shape index (κ1) is 16.2. The summed E-state index contributed by atoms with van der Waals surface area (Å²) in [5.74, 6) is -1.27. The number of carbonyl (C=O) groups is 2. The van der Waals surface area contributed by atoms with Crippen molar-refractivity contribution in [1.29, 1.82) is 0 Å². The predicted octanol–water partition coefficient (Wildman–Crippen LogP) is 2.81. The van der Waals surface area contributed by atoms with Gasteiger partial charge in [0.2, 0.25) is 5.91 Å². The summed E-state index contributed by atoms with van der Waals surface area (Å²) in [6.45, 7) is 8.67. The second-order valence-corrected chi connectivity index (χ2v) is 5.41. The Hall–Kier alpha value is -1.84. The summed E-state index contributed by atoms with van der Waals surface area (Å²) < 4.78 is 0. The Balaban J connectivity index is 3.39. The van der Waals surface area contributed by atoms with Crippen LogP contribution in [-0.2, 0) is 21.5 Å². The topological polar surface area (TPSA) is 57.6 Å². The molecule has 1 N–H and O–H groups in total. The van der Waals surface area contributed by atoms with Crippen molar-refractivity contribution >= 4 is 11.9 Å². The van der Waals surface area contributed by atoms with Crippen molar-refractivity contribution in [2.75, 3.05) is 0 Å². The molecule has 4 nitrogen and oxygen atoms in total. The molecule has 0 bridgehead atoms. The van der Waals surface area contributed by atoms with Crippen molar-refractivity contribution in [3.8, 4) is 0 Å². The maximum absolute atomic E-state index is 11.9. The van der Waals surface area contributed by atoms with Gasteiger partial charge in [-0.25, -0.2) is 4.79 Å². The van der Waals surface area contributed by atoms with E-state index in [0.717, 1.165) is 12.0 Å². The number of hydrogen-bond donors (Lipinski definition) is 1. The zero-order chi connectivity index (χ0) is 15.5. The molecule has 1 rings (SSSR count). The molecule has 0 aromatic heterocycles. The smallest absolute Gasteiger partial charge is 0.334 e. The van der Waals surface area contributed by atoms with Gasteiger partial charge < -0.3 is 10.0 Å². The van der Waals surface area contributed by atoms with E-state index in [4.69, 9.17) is 0 Å². The van der Waals surface area contributed by atoms with Gasteiger partial charge in [-0.2, -0.15) is 0 Å². The van der Waals surface area contributed by atoms with Crippen LogP contribution < -0.4 is 0 Å². The minimum atomic E-state index is -1.35. The molecule has 0 aliphatic rings. The number of benzene rings is 1. The van der Waals surface area contributed by atoms with Gasteiger partial charge in [0.15, 0.2) is 5.54 Å². The first-order chi connectivity index (χ1) is 9.25. The Morgan fingerprint density at radius 1 is 1.25 bits per heavy atom. The molecule has 0 spiro atoms. The van der Waals surface area contributed by atoms with Gasteiger partial charge >= 0.3 is 5.97 Å². The lowest BCUT2D eigenvalue weighted by Gasteiger charge is -2.40. The van der Waals surface area contributed by atoms with Crippen LogP contribution in [0.1, 0.15) is 45.7 Å². The minimum absolute atomic E-state index is 0.195. The summed E-state index contributed by atoms with van der Waals surface area (Å²) >= 11 is 0. The normalized spacial score (nSPS) is 13.9. The maximum atomic E-state index is 11.9. The summed E-state index contributed by atoms with van der Waals surface area (Å²) in [5.41, 5.74) is 0.401. The molecule has 0 saturated heterocycles. The second-order valence-electron chi connectivity index (χ2n) is 5.41. The van der Waals surface area contributed by atoms with Crippen molar-refractivity contribution in [1.82, 2.24) is 4.90 Å². The lowest BCUT2D eigenvalue weighted by atomic mass is 9.88. The molecular formula is C16H23NO3. The van der Waals surface area contributed by atoms with Crippen LogP contribution in [0.5, 0.6) is 0 Å². The predicted molar refractivity (Wildman–Crippen MR) is 78.5 cm³/mol. The van der Waals surface area contributed by atoms with E-state index in [0.29, 0.717) is 5.56 Å². The van der Waals surface area contributed by atoms with Crippen molar-refractivity contribution in [2.45, 2.75) is 52.6 Å². The van der Waals surface area contributed by atoms with Gasteiger partial charge in [0, 0.05) is 13.0 Å². The van der Waals surface area contributed by atoms with Crippen LogP contribution in [0.4, 0.5) is 0 Å². The van der Waals surface area contributed by atoms with Gasteiger partial charge in [-0.05, 0) is 38.3 Å². The van der Waals surface area contributed by atoms with E-state index in [1.54, 1.807) is 19.1 Å². The van der Waals surface area contributed by atoms with E-state index in [9.17, 15) is 14.7 Å². The highest BCUT2D eigenvalue weighted by molar-refractivity contribution is 5.87. The van der Waals surface area contributed by atoms with E-state index in [2.05, 4.69) is 0 Å². The van der Waals surface area contributed by atoms with Gasteiger partial charge in [-0.15, -0.1) is 0 Å². The molecule has 0 aliphatic carbocycles. The van der Waals surface area contributed by atoms with Gasteiger partial charge in [0.05, 0.1) is 0 Å². The van der Waals surface area contributed by atoms with Crippen LogP contribution >= 0.6 is 0 Å². The van der Waals surface area contributed by atoms with Crippen LogP contribution in [0, 0.1) is 0 Å². The number of nitrogens with zero attached hydrogens (tertiary/aromatic N) is 1. The molecule has 1 amide bonds. The van der Waals surface area contributed by atoms with Gasteiger partial charge in [-0.1, -0.05) is 31.2 Å². The molecule has 0 aliphatic heterocycles. The van der Waals surface area contributed by atoms with E-state index in [1.165, 1.54) is 11.8 Å². The molecule has 110 valence electrons. The van der Waals surface area contributed by atoms with Gasteiger partial charge in [-0.3, -0.25) is 4.79 Å². The molecule has 0 saturated carbocycles. The fourth-order valence-electron chi connectivity index (χ4n) is 2.63. The van der Waals surface area contributed by atoms with Crippen molar-refractivity contribution in [3.05, 3.63) is 35.4 Å². The molecule has 1 unspecified atom stereocenters. The average Bonchev–Trinajstić information content (AvgIpc) is 2.37. The number of carboxylic acid groups (broad SMARTS) is 1. The highest BCUT2D eigenvalue weighted by Gasteiger charge is 2.44. The first-order valence-electron chi connectivity index (χ1n) is 6.87. The first-order valence-corrected chi connectivity index (χ1v) is 6.87. The summed E-state index contributed by atoms with van der Waals surface area (Å²) in [6, 6.07) is 7.22. The van der Waals surface area contributed by atoms with E-state index in [-0.39, 0.29) is 11.9 Å². The lowest BCUT2D eigenvalue weighted by Crippen LogP contribution is -2.55. The zero-order valence-electron chi connectivity index (χ0n) is 12.8. The molecule has 1 atom stereocenters. The van der Waals surface area contributed by atoms with E-state index < -0.39 is 11.5 Å². The highest BCUT2D eigenvalue weighted by Crippen LogP contribution is 2.31. The Kier molecular flexibility index (Phi) is 4.93. The standard InChI is InChI=1S/C16H23NO3/c1-6-13-7-9-14(10-8-13)16(5,15(19)20)17(11(2)3)12(4)18/h7-11H,6H2,1-5H3,(H,19,20). The monoisotopic (exact) mass is 277 g/mol. The average molecular weight is 277 g/mol. The van der Waals surface area contributed by atoms with Crippen LogP contribution in [0.15, 0.2) is 24.3 Å². The Morgan fingerprint density at radius 2 is 1.75 bits per heavy atom. The zero-order valence-corrected chi connectivity index (χ0v) is 12.8. The maximum Gasteiger partial charge on any atom is 0.334 e. The lowest BCUT2D eigenvalue weighted by molar-refractivity contribution is -0.160. The number of carbonyl (C=O) groups excluding carboxylic acids is 1. The van der Waals surface area contributed by atoms with E-state index >= 15 is 0 Å². The van der Waals surface area contributed by atoms with Crippen LogP contribution in [0.25, 0.3) is 0 Å². The third-order valence-electron chi connectivity index (χ3n) is 3.68. The summed E-state index contributed by atoms with van der Waals surface area (Å²) in [7, 11) is 0. The van der Waals surface area contributed by atoms with E-state index in [1.807, 2.05) is 32.9 Å². The third-order valence-corrected chi connectivity index (χ3v) is 3.68. The second kappa shape index (κ2) is 6.07. The molecular weight excluding hydrogens is 254 g/mol. The molecule has 0 radical (unpaired) electrons. The molecule has 1 aromatic carbocycles. The fraction of sp³-hybridized carbons (Fsp3) is 0.500. The number of hydrogen-bond acceptors (Lipinski definition) is 2. The summed E-state index contributed by atoms with van der Waals surface area (Å²) in [6.07, 6.45) is 0.894. The quantitative estimate of drug-likeness (QED) is 0.900. The number of carboxylic acids is 1. The number of amides is 1. The molecule has 20 heavy (non-hydrogen) atoms. The van der Waals surface area contributed by atoms with Crippen molar-refractivity contribution in [3.63, 3.8) is 0 Å². The minimum Gasteiger partial charge on any atom is -0.479 e. The largest absolute Gasteiger partial charge is 0.479 e. The Labute approximate surface area is 120 Å². The van der Waals surface area contributed by atoms with Crippen LogP contribution in [0.2, 0.25) is 0 Å². The number of rotatable bonds is 5. The molecule has 0 heterocycles. The van der Waals surface area contributed by atoms with Crippen molar-refractivity contribution in [2.24, 2.45) is 0 Å². The fourth-order valence-corrected chi connectivity index (χ4v) is 2.63. The third kappa shape index (κ3) is 2.84. The summed E-state index contributed by atoms with van der Waals surface area (Å²) in [4.78, 5) is 25.1. The van der Waals surface area contributed by atoms with Crippen molar-refractivity contribution < 1.29 is 14.7 Å². The SMILES string of the molecule is CCc1ccc(C(C)(C(=O)O)N(C(C)=O)C(C)C)cc1. The van der Waals surface area contributed by atoms with Crippen LogP contribution in [-0.4, -0.2) is 27.9 Å².